The summed E-state index contributed by atoms with van der Waals surface area (Å²) in [5, 5.41) is 6.02. The molecular weight excluding hydrogens is 417 g/mol. The van der Waals surface area contributed by atoms with Gasteiger partial charge in [0.15, 0.2) is 0 Å². The molecule has 0 aliphatic rings. The van der Waals surface area contributed by atoms with Gasteiger partial charge in [-0.1, -0.05) is 28.1 Å². The molecule has 1 aromatic heterocycles. The minimum atomic E-state index is -0.963. The number of amides is 2. The third-order valence-electron chi connectivity index (χ3n) is 3.42. The number of nitrogens with zero attached hydrogens (tertiary/aromatic N) is 1. The molecule has 2 N–H and O–H groups in total. The van der Waals surface area contributed by atoms with Gasteiger partial charge in [0, 0.05) is 15.7 Å². The molecule has 8 heteroatoms. The fourth-order valence-corrected chi connectivity index (χ4v) is 2.38. The van der Waals surface area contributed by atoms with Crippen molar-refractivity contribution in [2.24, 2.45) is 5.10 Å². The molecule has 3 aromatic rings. The fraction of sp³-hybridized carbons (Fsp3) is 0. The zero-order valence-corrected chi connectivity index (χ0v) is 15.4. The van der Waals surface area contributed by atoms with Crippen LogP contribution >= 0.6 is 15.9 Å². The number of hydrazone groups is 1. The average molecular weight is 430 g/mol. The minimum absolute atomic E-state index is 0.297. The molecule has 1 heterocycles. The van der Waals surface area contributed by atoms with E-state index in [1.54, 1.807) is 12.1 Å². The second kappa shape index (κ2) is 8.41. The van der Waals surface area contributed by atoms with E-state index in [0.717, 1.165) is 10.0 Å². The summed E-state index contributed by atoms with van der Waals surface area (Å²) in [5.74, 6) is -1.27. The molecule has 0 unspecified atom stereocenters. The van der Waals surface area contributed by atoms with Crippen LogP contribution in [0.1, 0.15) is 5.76 Å². The lowest BCUT2D eigenvalue weighted by Gasteiger charge is -2.03. The molecule has 2 aromatic carbocycles. The van der Waals surface area contributed by atoms with Gasteiger partial charge in [0.05, 0.1) is 6.21 Å². The van der Waals surface area contributed by atoms with E-state index < -0.39 is 17.6 Å². The molecule has 0 bridgehead atoms. The second-order valence-electron chi connectivity index (χ2n) is 5.37. The molecule has 2 amide bonds. The molecule has 136 valence electrons. The molecule has 3 rings (SSSR count). The van der Waals surface area contributed by atoms with Crippen molar-refractivity contribution in [3.63, 3.8) is 0 Å². The van der Waals surface area contributed by atoms with Gasteiger partial charge in [0.2, 0.25) is 0 Å². The Balaban J connectivity index is 1.55. The number of hydrogen-bond donors (Lipinski definition) is 2. The first-order valence-corrected chi connectivity index (χ1v) is 8.56. The maximum Gasteiger partial charge on any atom is 0.329 e. The van der Waals surface area contributed by atoms with Crippen LogP contribution in [-0.2, 0) is 9.59 Å². The van der Waals surface area contributed by atoms with Crippen molar-refractivity contribution in [3.8, 4) is 11.3 Å². The van der Waals surface area contributed by atoms with Crippen LogP contribution < -0.4 is 10.7 Å². The Morgan fingerprint density at radius 2 is 1.67 bits per heavy atom. The number of rotatable bonds is 4. The van der Waals surface area contributed by atoms with Crippen LogP contribution in [0.5, 0.6) is 0 Å². The van der Waals surface area contributed by atoms with Gasteiger partial charge in [-0.05, 0) is 48.5 Å². The summed E-state index contributed by atoms with van der Waals surface area (Å²) in [7, 11) is 0. The monoisotopic (exact) mass is 429 g/mol. The Hall–Kier alpha value is -3.26. The summed E-state index contributed by atoms with van der Waals surface area (Å²) in [6.07, 6.45) is 1.28. The van der Waals surface area contributed by atoms with Crippen molar-refractivity contribution in [1.29, 1.82) is 0 Å². The zero-order valence-electron chi connectivity index (χ0n) is 13.8. The van der Waals surface area contributed by atoms with Gasteiger partial charge >= 0.3 is 11.8 Å². The third-order valence-corrected chi connectivity index (χ3v) is 3.95. The van der Waals surface area contributed by atoms with Crippen LogP contribution in [0.4, 0.5) is 10.1 Å². The first-order chi connectivity index (χ1) is 13.0. The van der Waals surface area contributed by atoms with E-state index in [2.05, 4.69) is 31.8 Å². The largest absolute Gasteiger partial charge is 0.455 e. The maximum absolute atomic E-state index is 12.8. The van der Waals surface area contributed by atoms with Crippen LogP contribution in [0.3, 0.4) is 0 Å². The Morgan fingerprint density at radius 3 is 2.37 bits per heavy atom. The van der Waals surface area contributed by atoms with Crippen molar-refractivity contribution in [2.45, 2.75) is 0 Å². The van der Waals surface area contributed by atoms with Gasteiger partial charge in [-0.3, -0.25) is 9.59 Å². The highest BCUT2D eigenvalue weighted by molar-refractivity contribution is 9.10. The van der Waals surface area contributed by atoms with E-state index >= 15 is 0 Å². The lowest BCUT2D eigenvalue weighted by molar-refractivity contribution is -0.136. The number of halogens is 2. The van der Waals surface area contributed by atoms with Gasteiger partial charge in [-0.2, -0.15) is 5.10 Å². The standard InChI is InChI=1S/C19H13BrFN3O3/c20-13-3-1-12(2-4-13)17-10-9-16(27-17)11-22-24-19(26)18(25)23-15-7-5-14(21)6-8-15/h1-11H,(H,23,25)(H,24,26)/b22-11-. The summed E-state index contributed by atoms with van der Waals surface area (Å²) in [6.45, 7) is 0. The number of hydrogen-bond acceptors (Lipinski definition) is 4. The maximum atomic E-state index is 12.8. The van der Waals surface area contributed by atoms with Gasteiger partial charge < -0.3 is 9.73 Å². The van der Waals surface area contributed by atoms with E-state index in [0.29, 0.717) is 17.2 Å². The summed E-state index contributed by atoms with van der Waals surface area (Å²) >= 11 is 3.37. The first-order valence-electron chi connectivity index (χ1n) is 7.77. The first kappa shape index (κ1) is 18.5. The van der Waals surface area contributed by atoms with Crippen molar-refractivity contribution < 1.29 is 18.4 Å². The molecule has 0 aliphatic heterocycles. The Kier molecular flexibility index (Phi) is 5.77. The topological polar surface area (TPSA) is 83.7 Å². The number of carbonyl (C=O) groups excluding carboxylic acids is 2. The summed E-state index contributed by atoms with van der Waals surface area (Å²) < 4.78 is 19.4. The summed E-state index contributed by atoms with van der Waals surface area (Å²) in [5.41, 5.74) is 3.28. The Morgan fingerprint density at radius 1 is 0.963 bits per heavy atom. The molecule has 0 saturated carbocycles. The van der Waals surface area contributed by atoms with Crippen LogP contribution in [0.2, 0.25) is 0 Å². The lowest BCUT2D eigenvalue weighted by Crippen LogP contribution is -2.32. The van der Waals surface area contributed by atoms with Crippen molar-refractivity contribution >= 4 is 39.6 Å². The number of carbonyl (C=O) groups is 2. The number of benzene rings is 2. The summed E-state index contributed by atoms with van der Waals surface area (Å²) in [6, 6.07) is 16.1. The molecule has 0 aliphatic carbocycles. The van der Waals surface area contributed by atoms with Gasteiger partial charge in [0.25, 0.3) is 0 Å². The predicted octanol–water partition coefficient (Wildman–Crippen LogP) is 3.94. The van der Waals surface area contributed by atoms with Gasteiger partial charge in [0.1, 0.15) is 17.3 Å². The highest BCUT2D eigenvalue weighted by Gasteiger charge is 2.13. The van der Waals surface area contributed by atoms with Gasteiger partial charge in [-0.25, -0.2) is 9.82 Å². The molecular formula is C19H13BrFN3O3. The van der Waals surface area contributed by atoms with E-state index in [4.69, 9.17) is 4.42 Å². The molecule has 6 nitrogen and oxygen atoms in total. The molecule has 27 heavy (non-hydrogen) atoms. The lowest BCUT2D eigenvalue weighted by atomic mass is 10.2. The smallest absolute Gasteiger partial charge is 0.329 e. The quantitative estimate of drug-likeness (QED) is 0.374. The molecule has 0 radical (unpaired) electrons. The number of anilines is 1. The van der Waals surface area contributed by atoms with Crippen LogP contribution in [0.25, 0.3) is 11.3 Å². The van der Waals surface area contributed by atoms with Crippen LogP contribution in [0.15, 0.2) is 74.7 Å². The van der Waals surface area contributed by atoms with E-state index in [-0.39, 0.29) is 0 Å². The van der Waals surface area contributed by atoms with Crippen LogP contribution in [-0.4, -0.2) is 18.0 Å². The minimum Gasteiger partial charge on any atom is -0.455 e. The Bertz CT molecular complexity index is 982. The van der Waals surface area contributed by atoms with Gasteiger partial charge in [-0.15, -0.1) is 0 Å². The molecule has 0 spiro atoms. The average Bonchev–Trinajstić information content (AvgIpc) is 3.13. The molecule has 0 saturated heterocycles. The number of furan rings is 1. The highest BCUT2D eigenvalue weighted by Crippen LogP contribution is 2.23. The molecule has 0 atom stereocenters. The highest BCUT2D eigenvalue weighted by atomic mass is 79.9. The third kappa shape index (κ3) is 5.11. The van der Waals surface area contributed by atoms with E-state index in [1.165, 1.54) is 30.5 Å². The normalized spacial score (nSPS) is 10.7. The van der Waals surface area contributed by atoms with Crippen LogP contribution in [0, 0.1) is 5.82 Å². The SMILES string of the molecule is O=C(N/N=C\c1ccc(-c2ccc(Br)cc2)o1)C(=O)Nc1ccc(F)cc1. The Labute approximate surface area is 162 Å². The summed E-state index contributed by atoms with van der Waals surface area (Å²) in [4.78, 5) is 23.5. The fourth-order valence-electron chi connectivity index (χ4n) is 2.12. The van der Waals surface area contributed by atoms with Crippen molar-refractivity contribution in [2.75, 3.05) is 5.32 Å². The predicted molar refractivity (Wildman–Crippen MR) is 103 cm³/mol. The van der Waals surface area contributed by atoms with E-state index in [9.17, 15) is 14.0 Å². The van der Waals surface area contributed by atoms with E-state index in [1.807, 2.05) is 24.3 Å². The zero-order chi connectivity index (χ0) is 19.2. The second-order valence-corrected chi connectivity index (χ2v) is 6.28. The molecule has 0 fully saturated rings. The van der Waals surface area contributed by atoms with Crippen molar-refractivity contribution in [3.05, 3.63) is 76.7 Å². The van der Waals surface area contributed by atoms with Crippen molar-refractivity contribution in [1.82, 2.24) is 5.43 Å². The number of nitrogens with one attached hydrogen (secondary N) is 2.